The van der Waals surface area contributed by atoms with E-state index in [2.05, 4.69) is 5.32 Å². The number of amides is 1. The quantitative estimate of drug-likeness (QED) is 0.733. The Balaban J connectivity index is 4.09. The minimum Gasteiger partial charge on any atom is -0.388 e. The lowest BCUT2D eigenvalue weighted by Crippen LogP contribution is -2.46. The Morgan fingerprint density at radius 3 is 2.47 bits per heavy atom. The molecule has 15 heavy (non-hydrogen) atoms. The second-order valence-corrected chi connectivity index (χ2v) is 5.44. The first-order chi connectivity index (χ1) is 6.85. The lowest BCUT2D eigenvalue weighted by Gasteiger charge is -2.30. The molecule has 0 saturated carbocycles. The van der Waals surface area contributed by atoms with E-state index in [9.17, 15) is 9.90 Å². The first-order valence-corrected chi connectivity index (χ1v) is 6.66. The maximum Gasteiger partial charge on any atom is 0.232 e. The van der Waals surface area contributed by atoms with Crippen LogP contribution in [0.1, 0.15) is 34.1 Å². The summed E-state index contributed by atoms with van der Waals surface area (Å²) < 4.78 is 0. The van der Waals surface area contributed by atoms with Gasteiger partial charge < -0.3 is 10.4 Å². The summed E-state index contributed by atoms with van der Waals surface area (Å²) in [6, 6.07) is 0. The molecule has 0 aromatic heterocycles. The Labute approximate surface area is 97.0 Å². The van der Waals surface area contributed by atoms with Crippen LogP contribution in [0.4, 0.5) is 0 Å². The zero-order valence-corrected chi connectivity index (χ0v) is 11.1. The van der Waals surface area contributed by atoms with E-state index in [1.807, 2.05) is 27.0 Å². The van der Waals surface area contributed by atoms with Gasteiger partial charge in [-0.3, -0.25) is 4.79 Å². The van der Waals surface area contributed by atoms with Gasteiger partial charge in [0.05, 0.1) is 10.9 Å². The summed E-state index contributed by atoms with van der Waals surface area (Å²) in [6.07, 6.45) is 2.80. The van der Waals surface area contributed by atoms with Crippen LogP contribution in [-0.2, 0) is 4.79 Å². The number of carbonyl (C=O) groups is 1. The van der Waals surface area contributed by atoms with Crippen molar-refractivity contribution in [3.05, 3.63) is 0 Å². The lowest BCUT2D eigenvalue weighted by atomic mass is 9.88. The second kappa shape index (κ2) is 6.38. The van der Waals surface area contributed by atoms with Gasteiger partial charge in [0.1, 0.15) is 0 Å². The number of nitrogens with one attached hydrogen (secondary N) is 1. The van der Waals surface area contributed by atoms with E-state index in [0.717, 1.165) is 6.42 Å². The molecule has 4 heteroatoms. The number of hydrogen-bond donors (Lipinski definition) is 2. The predicted molar refractivity (Wildman–Crippen MR) is 66.1 cm³/mol. The van der Waals surface area contributed by atoms with Crippen molar-refractivity contribution >= 4 is 17.7 Å². The van der Waals surface area contributed by atoms with E-state index < -0.39 is 5.60 Å². The fourth-order valence-corrected chi connectivity index (χ4v) is 1.43. The summed E-state index contributed by atoms with van der Waals surface area (Å²) in [4.78, 5) is 11.5. The summed E-state index contributed by atoms with van der Waals surface area (Å²) in [7, 11) is 0. The highest BCUT2D eigenvalue weighted by molar-refractivity contribution is 7.99. The molecule has 0 aromatic carbocycles. The van der Waals surface area contributed by atoms with Gasteiger partial charge >= 0.3 is 0 Å². The molecule has 0 heterocycles. The molecule has 0 rings (SSSR count). The maximum atomic E-state index is 11.5. The van der Waals surface area contributed by atoms with Crippen molar-refractivity contribution < 1.29 is 9.90 Å². The largest absolute Gasteiger partial charge is 0.388 e. The van der Waals surface area contributed by atoms with Gasteiger partial charge in [0, 0.05) is 6.54 Å². The molecule has 0 spiro atoms. The Hall–Kier alpha value is -0.220. The molecule has 3 unspecified atom stereocenters. The second-order valence-electron chi connectivity index (χ2n) is 4.26. The first kappa shape index (κ1) is 14.8. The molecule has 3 nitrogen and oxygen atoms in total. The van der Waals surface area contributed by atoms with Gasteiger partial charge in [-0.2, -0.15) is 11.8 Å². The Bertz CT molecular complexity index is 207. The van der Waals surface area contributed by atoms with E-state index in [4.69, 9.17) is 0 Å². The molecule has 0 fully saturated rings. The van der Waals surface area contributed by atoms with Crippen LogP contribution in [0.5, 0.6) is 0 Å². The molecule has 0 saturated heterocycles. The van der Waals surface area contributed by atoms with Crippen LogP contribution in [0.3, 0.4) is 0 Å². The fraction of sp³-hybridized carbons (Fsp3) is 0.909. The average molecular weight is 233 g/mol. The van der Waals surface area contributed by atoms with Crippen LogP contribution in [0.25, 0.3) is 0 Å². The zero-order chi connectivity index (χ0) is 12.1. The van der Waals surface area contributed by atoms with Gasteiger partial charge in [0.2, 0.25) is 5.91 Å². The zero-order valence-electron chi connectivity index (χ0n) is 10.3. The topological polar surface area (TPSA) is 49.3 Å². The number of carbonyl (C=O) groups excluding carboxylic acids is 1. The van der Waals surface area contributed by atoms with Crippen molar-refractivity contribution in [1.82, 2.24) is 5.32 Å². The van der Waals surface area contributed by atoms with E-state index in [-0.39, 0.29) is 17.1 Å². The standard InChI is InChI=1S/C11H23NO2S/c1-6-8(2)11(4,14)7-12-10(13)9(3)15-5/h8-9,14H,6-7H2,1-5H3,(H,12,13). The van der Waals surface area contributed by atoms with E-state index in [0.29, 0.717) is 6.54 Å². The molecular formula is C11H23NO2S. The molecule has 0 bridgehead atoms. The smallest absolute Gasteiger partial charge is 0.232 e. The first-order valence-electron chi connectivity index (χ1n) is 5.38. The third-order valence-corrected chi connectivity index (χ3v) is 3.94. The Kier molecular flexibility index (Phi) is 6.29. The summed E-state index contributed by atoms with van der Waals surface area (Å²) in [5.74, 6) is 0.175. The van der Waals surface area contributed by atoms with Gasteiger partial charge in [-0.1, -0.05) is 20.3 Å². The molecule has 90 valence electrons. The summed E-state index contributed by atoms with van der Waals surface area (Å²) in [5, 5.41) is 12.8. The Morgan fingerprint density at radius 2 is 2.07 bits per heavy atom. The molecule has 0 aliphatic carbocycles. The monoisotopic (exact) mass is 233 g/mol. The molecule has 1 amide bonds. The van der Waals surface area contributed by atoms with Gasteiger partial charge in [-0.05, 0) is 26.0 Å². The molecule has 0 aliphatic heterocycles. The maximum absolute atomic E-state index is 11.5. The molecule has 0 radical (unpaired) electrons. The number of aliphatic hydroxyl groups is 1. The summed E-state index contributed by atoms with van der Waals surface area (Å²) in [5.41, 5.74) is -0.817. The number of rotatable bonds is 6. The van der Waals surface area contributed by atoms with Crippen LogP contribution in [0, 0.1) is 5.92 Å². The van der Waals surface area contributed by atoms with Crippen LogP contribution >= 0.6 is 11.8 Å². The number of thioether (sulfide) groups is 1. The van der Waals surface area contributed by atoms with Crippen LogP contribution < -0.4 is 5.32 Å². The normalized spacial score (nSPS) is 19.1. The highest BCUT2D eigenvalue weighted by atomic mass is 32.2. The van der Waals surface area contributed by atoms with E-state index in [1.54, 1.807) is 6.92 Å². The van der Waals surface area contributed by atoms with Gasteiger partial charge in [0.15, 0.2) is 0 Å². The van der Waals surface area contributed by atoms with Crippen molar-refractivity contribution in [3.63, 3.8) is 0 Å². The lowest BCUT2D eigenvalue weighted by molar-refractivity contribution is -0.121. The van der Waals surface area contributed by atoms with E-state index >= 15 is 0 Å². The van der Waals surface area contributed by atoms with E-state index in [1.165, 1.54) is 11.8 Å². The summed E-state index contributed by atoms with van der Waals surface area (Å²) >= 11 is 1.50. The summed E-state index contributed by atoms with van der Waals surface area (Å²) in [6.45, 7) is 7.98. The van der Waals surface area contributed by atoms with Crippen molar-refractivity contribution in [2.45, 2.75) is 45.0 Å². The van der Waals surface area contributed by atoms with Gasteiger partial charge in [0.25, 0.3) is 0 Å². The van der Waals surface area contributed by atoms with Crippen LogP contribution in [0.2, 0.25) is 0 Å². The molecule has 0 aliphatic rings. The molecule has 2 N–H and O–H groups in total. The molecule has 0 aromatic rings. The van der Waals surface area contributed by atoms with Crippen LogP contribution in [-0.4, -0.2) is 34.7 Å². The highest BCUT2D eigenvalue weighted by Crippen LogP contribution is 2.19. The number of hydrogen-bond acceptors (Lipinski definition) is 3. The average Bonchev–Trinajstić information content (AvgIpc) is 2.23. The van der Waals surface area contributed by atoms with Gasteiger partial charge in [-0.15, -0.1) is 0 Å². The minimum absolute atomic E-state index is 0.00826. The third-order valence-electron chi connectivity index (χ3n) is 3.02. The predicted octanol–water partition coefficient (Wildman–Crippen LogP) is 1.65. The highest BCUT2D eigenvalue weighted by Gasteiger charge is 2.27. The molecular weight excluding hydrogens is 210 g/mol. The Morgan fingerprint density at radius 1 is 1.53 bits per heavy atom. The molecule has 3 atom stereocenters. The van der Waals surface area contributed by atoms with Crippen molar-refractivity contribution in [2.75, 3.05) is 12.8 Å². The van der Waals surface area contributed by atoms with Crippen molar-refractivity contribution in [1.29, 1.82) is 0 Å². The van der Waals surface area contributed by atoms with Crippen molar-refractivity contribution in [2.24, 2.45) is 5.92 Å². The van der Waals surface area contributed by atoms with Crippen molar-refractivity contribution in [3.8, 4) is 0 Å². The van der Waals surface area contributed by atoms with Gasteiger partial charge in [-0.25, -0.2) is 0 Å². The fourth-order valence-electron chi connectivity index (χ4n) is 1.13. The van der Waals surface area contributed by atoms with Crippen LogP contribution in [0.15, 0.2) is 0 Å². The minimum atomic E-state index is -0.817. The SMILES string of the molecule is CCC(C)C(C)(O)CNC(=O)C(C)SC. The third kappa shape index (κ3) is 4.89.